The van der Waals surface area contributed by atoms with Gasteiger partial charge in [-0.25, -0.2) is 0 Å². The smallest absolute Gasteiger partial charge is 0.0601 e. The van der Waals surface area contributed by atoms with E-state index in [0.29, 0.717) is 12.0 Å². The van der Waals surface area contributed by atoms with Gasteiger partial charge in [-0.1, -0.05) is 39.5 Å². The normalized spacial score (nSPS) is 21.9. The number of hydrogen-bond acceptors (Lipinski definition) is 3. The number of hydrogen-bond donors (Lipinski definition) is 1. The predicted octanol–water partition coefficient (Wildman–Crippen LogP) is 2.81. The van der Waals surface area contributed by atoms with Crippen LogP contribution in [0.25, 0.3) is 0 Å². The fourth-order valence-electron chi connectivity index (χ4n) is 3.19. The molecule has 2 aliphatic heterocycles. The fraction of sp³-hybridized carbons (Fsp3) is 0.895. The van der Waals surface area contributed by atoms with Gasteiger partial charge in [0.25, 0.3) is 0 Å². The first-order valence-electron chi connectivity index (χ1n) is 9.32. The lowest BCUT2D eigenvalue weighted by atomic mass is 9.95. The van der Waals surface area contributed by atoms with E-state index in [1.54, 1.807) is 0 Å². The fourth-order valence-corrected chi connectivity index (χ4v) is 3.19. The molecule has 128 valence electrons. The van der Waals surface area contributed by atoms with Gasteiger partial charge < -0.3 is 10.6 Å². The topological polar surface area (TPSA) is 32.5 Å². The molecule has 3 heteroatoms. The van der Waals surface area contributed by atoms with Gasteiger partial charge in [-0.2, -0.15) is 0 Å². The van der Waals surface area contributed by atoms with E-state index in [4.69, 9.17) is 5.73 Å². The highest BCUT2D eigenvalue weighted by Gasteiger charge is 2.23. The van der Waals surface area contributed by atoms with Crippen LogP contribution in [0.4, 0.5) is 0 Å². The molecular weight excluding hydrogens is 270 g/mol. The zero-order valence-electron chi connectivity index (χ0n) is 15.3. The third-order valence-corrected chi connectivity index (χ3v) is 4.55. The lowest BCUT2D eigenvalue weighted by molar-refractivity contribution is 0.134. The molecule has 0 saturated carbocycles. The summed E-state index contributed by atoms with van der Waals surface area (Å²) in [6.45, 7) is 15.4. The molecule has 0 spiro atoms. The average molecular weight is 308 g/mol. The molecule has 0 bridgehead atoms. The molecule has 0 atom stereocenters. The lowest BCUT2D eigenvalue weighted by Gasteiger charge is -2.36. The number of nitrogens with zero attached hydrogens (tertiary/aromatic N) is 2. The maximum atomic E-state index is 5.97. The highest BCUT2D eigenvalue weighted by molar-refractivity contribution is 5.03. The molecule has 2 saturated heterocycles. The van der Waals surface area contributed by atoms with Crippen molar-refractivity contribution in [3.63, 3.8) is 0 Å². The van der Waals surface area contributed by atoms with Crippen molar-refractivity contribution in [3.05, 3.63) is 0 Å². The van der Waals surface area contributed by atoms with Crippen molar-refractivity contribution >= 4 is 0 Å². The molecule has 2 rings (SSSR count). The second kappa shape index (κ2) is 11.0. The van der Waals surface area contributed by atoms with Crippen molar-refractivity contribution in [2.24, 2.45) is 17.6 Å². The second-order valence-corrected chi connectivity index (χ2v) is 6.83. The zero-order valence-corrected chi connectivity index (χ0v) is 15.3. The Morgan fingerprint density at radius 1 is 0.955 bits per heavy atom. The molecule has 22 heavy (non-hydrogen) atoms. The summed E-state index contributed by atoms with van der Waals surface area (Å²) < 4.78 is 0. The van der Waals surface area contributed by atoms with Crippen molar-refractivity contribution < 1.29 is 0 Å². The number of nitrogens with two attached hydrogens (primary N) is 1. The van der Waals surface area contributed by atoms with Crippen molar-refractivity contribution in [1.29, 1.82) is 0 Å². The third kappa shape index (κ3) is 7.63. The minimum atomic E-state index is 0.452. The molecule has 2 N–H and O–H groups in total. The van der Waals surface area contributed by atoms with Crippen molar-refractivity contribution in [2.75, 3.05) is 39.3 Å². The van der Waals surface area contributed by atoms with E-state index in [-0.39, 0.29) is 0 Å². The maximum Gasteiger partial charge on any atom is 0.0601 e. The quantitative estimate of drug-likeness (QED) is 0.814. The van der Waals surface area contributed by atoms with E-state index in [9.17, 15) is 0 Å². The summed E-state index contributed by atoms with van der Waals surface area (Å²) in [6.07, 6.45) is 5.05. The molecule has 0 aromatic carbocycles. The van der Waals surface area contributed by atoms with Crippen LogP contribution in [0.1, 0.15) is 53.4 Å². The van der Waals surface area contributed by atoms with Gasteiger partial charge >= 0.3 is 0 Å². The Morgan fingerprint density at radius 3 is 2.05 bits per heavy atom. The molecule has 2 aliphatic rings. The molecule has 0 aliphatic carbocycles. The Morgan fingerprint density at radius 2 is 1.50 bits per heavy atom. The van der Waals surface area contributed by atoms with Crippen LogP contribution in [-0.4, -0.2) is 55.1 Å². The Hall–Kier alpha value is -0.560. The van der Waals surface area contributed by atoms with E-state index in [1.165, 1.54) is 58.4 Å². The van der Waals surface area contributed by atoms with E-state index >= 15 is 0 Å². The highest BCUT2D eigenvalue weighted by atomic mass is 15.2. The summed E-state index contributed by atoms with van der Waals surface area (Å²) in [5.74, 6) is 7.96. The van der Waals surface area contributed by atoms with Crippen LogP contribution < -0.4 is 5.73 Å². The van der Waals surface area contributed by atoms with Gasteiger partial charge in [0, 0.05) is 18.5 Å². The van der Waals surface area contributed by atoms with Crippen LogP contribution in [0.3, 0.4) is 0 Å². The van der Waals surface area contributed by atoms with Crippen LogP contribution in [0.15, 0.2) is 0 Å². The van der Waals surface area contributed by atoms with Crippen LogP contribution in [0.2, 0.25) is 0 Å². The summed E-state index contributed by atoms with van der Waals surface area (Å²) in [4.78, 5) is 5.14. The lowest BCUT2D eigenvalue weighted by Crippen LogP contribution is -2.44. The Kier molecular flexibility index (Phi) is 9.79. The zero-order chi connectivity index (χ0) is 16.4. The third-order valence-electron chi connectivity index (χ3n) is 4.55. The minimum Gasteiger partial charge on any atom is -0.328 e. The van der Waals surface area contributed by atoms with Gasteiger partial charge in [-0.15, -0.1) is 0 Å². The van der Waals surface area contributed by atoms with Gasteiger partial charge in [0.05, 0.1) is 6.54 Å². The summed E-state index contributed by atoms with van der Waals surface area (Å²) in [5, 5.41) is 0. The van der Waals surface area contributed by atoms with Crippen LogP contribution in [0.5, 0.6) is 0 Å². The minimum absolute atomic E-state index is 0.452. The summed E-state index contributed by atoms with van der Waals surface area (Å²) in [6, 6.07) is 0.452. The standard InChI is InChI=1S/C17H31N3.C2H6/c1-15(2)4-3-9-19-10-5-16(6-11-19)14-20-12-7-17(18)8-13-20;1-2/h15-17H,5-14,18H2,1-2H3;1-2H3. The first kappa shape index (κ1) is 19.5. The van der Waals surface area contributed by atoms with Crippen molar-refractivity contribution in [3.8, 4) is 11.8 Å². The van der Waals surface area contributed by atoms with E-state index in [0.717, 1.165) is 12.5 Å². The SMILES string of the molecule is CC.CC(C)C#CCN1CCC(CN2CCC(N)CC2)CC1. The molecule has 3 nitrogen and oxygen atoms in total. The van der Waals surface area contributed by atoms with Crippen LogP contribution in [-0.2, 0) is 0 Å². The summed E-state index contributed by atoms with van der Waals surface area (Å²) in [7, 11) is 0. The van der Waals surface area contributed by atoms with Crippen molar-refractivity contribution in [1.82, 2.24) is 9.80 Å². The molecule has 0 unspecified atom stereocenters. The average Bonchev–Trinajstić information content (AvgIpc) is 2.53. The molecule has 0 aromatic rings. The van der Waals surface area contributed by atoms with Gasteiger partial charge in [0.1, 0.15) is 0 Å². The van der Waals surface area contributed by atoms with Gasteiger partial charge in [0.15, 0.2) is 0 Å². The first-order valence-corrected chi connectivity index (χ1v) is 9.32. The molecule has 2 heterocycles. The number of likely N-dealkylation sites (tertiary alicyclic amines) is 2. The van der Waals surface area contributed by atoms with Crippen LogP contribution >= 0.6 is 0 Å². The number of rotatable bonds is 3. The van der Waals surface area contributed by atoms with Gasteiger partial charge in [-0.05, 0) is 57.8 Å². The van der Waals surface area contributed by atoms with Gasteiger partial charge in [-0.3, -0.25) is 4.90 Å². The Balaban J connectivity index is 0.00000116. The maximum absolute atomic E-state index is 5.97. The van der Waals surface area contributed by atoms with E-state index in [2.05, 4.69) is 35.5 Å². The molecule has 2 fully saturated rings. The highest BCUT2D eigenvalue weighted by Crippen LogP contribution is 2.20. The monoisotopic (exact) mass is 307 g/mol. The van der Waals surface area contributed by atoms with Gasteiger partial charge in [0.2, 0.25) is 0 Å². The van der Waals surface area contributed by atoms with E-state index < -0.39 is 0 Å². The molecule has 0 radical (unpaired) electrons. The van der Waals surface area contributed by atoms with E-state index in [1.807, 2.05) is 13.8 Å². The number of piperidine rings is 2. The Bertz CT molecular complexity index is 326. The summed E-state index contributed by atoms with van der Waals surface area (Å²) >= 11 is 0. The van der Waals surface area contributed by atoms with Crippen LogP contribution in [0, 0.1) is 23.7 Å². The first-order chi connectivity index (χ1) is 10.6. The molecular formula is C19H37N3. The van der Waals surface area contributed by atoms with Crippen molar-refractivity contribution in [2.45, 2.75) is 59.4 Å². The summed E-state index contributed by atoms with van der Waals surface area (Å²) in [5.41, 5.74) is 5.97. The Labute approximate surface area is 138 Å². The predicted molar refractivity (Wildman–Crippen MR) is 96.8 cm³/mol. The second-order valence-electron chi connectivity index (χ2n) is 6.83. The molecule has 0 amide bonds. The largest absolute Gasteiger partial charge is 0.328 e. The molecule has 0 aromatic heterocycles.